The number of amides is 1. The first-order valence-electron chi connectivity index (χ1n) is 8.61. The van der Waals surface area contributed by atoms with Crippen LogP contribution in [0.5, 0.6) is 0 Å². The zero-order valence-corrected chi connectivity index (χ0v) is 14.0. The van der Waals surface area contributed by atoms with Gasteiger partial charge in [0.05, 0.1) is 30.2 Å². The number of carbonyl (C=O) groups is 1. The smallest absolute Gasteiger partial charge is 0.370 e. The molecule has 0 saturated carbocycles. The molecule has 3 rings (SSSR count). The number of benzene rings is 1. The first-order valence-corrected chi connectivity index (χ1v) is 8.61. The van der Waals surface area contributed by atoms with Gasteiger partial charge in [-0.3, -0.25) is 4.79 Å². The fourth-order valence-corrected chi connectivity index (χ4v) is 3.30. The predicted molar refractivity (Wildman–Crippen MR) is 87.9 cm³/mol. The highest BCUT2D eigenvalue weighted by Gasteiger charge is 2.32. The number of ether oxygens (including phenoxy) is 1. The van der Waals surface area contributed by atoms with E-state index in [1.807, 2.05) is 4.90 Å². The lowest BCUT2D eigenvalue weighted by Gasteiger charge is -2.25. The number of nitrogens with one attached hydrogen (secondary N) is 2. The maximum Gasteiger partial charge on any atom is 0.416 e. The van der Waals surface area contributed by atoms with E-state index in [1.54, 1.807) is 0 Å². The molecule has 1 amide bonds. The Morgan fingerprint density at radius 2 is 1.88 bits per heavy atom. The van der Waals surface area contributed by atoms with E-state index in [2.05, 4.69) is 5.32 Å². The van der Waals surface area contributed by atoms with Crippen LogP contribution >= 0.6 is 0 Å². The van der Waals surface area contributed by atoms with E-state index in [1.165, 1.54) is 6.07 Å². The summed E-state index contributed by atoms with van der Waals surface area (Å²) in [4.78, 5) is 15.4. The van der Waals surface area contributed by atoms with Gasteiger partial charge in [-0.25, -0.2) is 0 Å². The van der Waals surface area contributed by atoms with E-state index in [-0.39, 0.29) is 18.1 Å². The van der Waals surface area contributed by atoms with Crippen molar-refractivity contribution in [3.05, 3.63) is 23.8 Å². The van der Waals surface area contributed by atoms with Crippen molar-refractivity contribution >= 4 is 17.3 Å². The van der Waals surface area contributed by atoms with Crippen LogP contribution in [0, 0.1) is 0 Å². The van der Waals surface area contributed by atoms with Gasteiger partial charge in [0.15, 0.2) is 6.54 Å². The first kappa shape index (κ1) is 18.0. The van der Waals surface area contributed by atoms with Gasteiger partial charge in [-0.2, -0.15) is 13.2 Å². The quantitative estimate of drug-likeness (QED) is 0.849. The number of anilines is 2. The minimum Gasteiger partial charge on any atom is -0.370 e. The van der Waals surface area contributed by atoms with Gasteiger partial charge in [0.25, 0.3) is 5.91 Å². The van der Waals surface area contributed by atoms with Gasteiger partial charge >= 0.3 is 6.18 Å². The molecule has 2 aliphatic rings. The molecule has 0 unspecified atom stereocenters. The molecule has 5 nitrogen and oxygen atoms in total. The monoisotopic (exact) mass is 358 g/mol. The standard InChI is InChI=1S/C17H22F3N3O2/c18-17(19,20)13-3-4-15(23-5-1-2-6-23)14(11-13)21-16(24)12-22-7-9-25-10-8-22/h3-4,11H,1-2,5-10,12H2,(H,21,24)/p+1. The van der Waals surface area contributed by atoms with Crippen LogP contribution in [0.2, 0.25) is 0 Å². The van der Waals surface area contributed by atoms with Crippen molar-refractivity contribution in [2.75, 3.05) is 56.2 Å². The number of morpholine rings is 1. The van der Waals surface area contributed by atoms with Crippen molar-refractivity contribution in [3.63, 3.8) is 0 Å². The minimum absolute atomic E-state index is 0.235. The van der Waals surface area contributed by atoms with Crippen molar-refractivity contribution in [1.82, 2.24) is 0 Å². The molecular weight excluding hydrogens is 335 g/mol. The summed E-state index contributed by atoms with van der Waals surface area (Å²) < 4.78 is 44.4. The maximum atomic E-state index is 13.0. The van der Waals surface area contributed by atoms with Crippen LogP contribution in [-0.2, 0) is 15.7 Å². The van der Waals surface area contributed by atoms with E-state index in [9.17, 15) is 18.0 Å². The number of alkyl halides is 3. The van der Waals surface area contributed by atoms with Gasteiger partial charge in [-0.1, -0.05) is 0 Å². The molecule has 0 bridgehead atoms. The summed E-state index contributed by atoms with van der Waals surface area (Å²) in [7, 11) is 0. The van der Waals surface area contributed by atoms with Crippen LogP contribution in [0.3, 0.4) is 0 Å². The molecule has 0 spiro atoms. The largest absolute Gasteiger partial charge is 0.416 e. The summed E-state index contributed by atoms with van der Waals surface area (Å²) in [5, 5.41) is 2.70. The van der Waals surface area contributed by atoms with Crippen molar-refractivity contribution in [2.45, 2.75) is 19.0 Å². The summed E-state index contributed by atoms with van der Waals surface area (Å²) in [6.07, 6.45) is -2.42. The molecule has 2 heterocycles. The Bertz CT molecular complexity index is 610. The van der Waals surface area contributed by atoms with Gasteiger partial charge < -0.3 is 19.9 Å². The van der Waals surface area contributed by atoms with Crippen molar-refractivity contribution in [1.29, 1.82) is 0 Å². The zero-order valence-electron chi connectivity index (χ0n) is 14.0. The third-order valence-electron chi connectivity index (χ3n) is 4.66. The summed E-state index contributed by atoms with van der Waals surface area (Å²) in [6.45, 7) is 4.49. The van der Waals surface area contributed by atoms with Gasteiger partial charge in [-0.15, -0.1) is 0 Å². The molecule has 25 heavy (non-hydrogen) atoms. The second-order valence-electron chi connectivity index (χ2n) is 6.51. The van der Waals surface area contributed by atoms with Gasteiger partial charge in [0.1, 0.15) is 13.1 Å². The minimum atomic E-state index is -4.43. The Morgan fingerprint density at radius 3 is 2.52 bits per heavy atom. The zero-order chi connectivity index (χ0) is 17.9. The molecule has 2 saturated heterocycles. The third-order valence-corrected chi connectivity index (χ3v) is 4.66. The van der Waals surface area contributed by atoms with Crippen LogP contribution in [0.15, 0.2) is 18.2 Å². The van der Waals surface area contributed by atoms with Crippen LogP contribution < -0.4 is 15.1 Å². The van der Waals surface area contributed by atoms with Crippen LogP contribution in [0.4, 0.5) is 24.5 Å². The highest BCUT2D eigenvalue weighted by molar-refractivity contribution is 5.95. The highest BCUT2D eigenvalue weighted by Crippen LogP contribution is 2.36. The van der Waals surface area contributed by atoms with E-state index >= 15 is 0 Å². The summed E-state index contributed by atoms with van der Waals surface area (Å²) in [6, 6.07) is 3.59. The van der Waals surface area contributed by atoms with Crippen molar-refractivity contribution in [3.8, 4) is 0 Å². The molecule has 1 aromatic carbocycles. The lowest BCUT2D eigenvalue weighted by atomic mass is 10.1. The molecule has 0 radical (unpaired) electrons. The number of rotatable bonds is 4. The lowest BCUT2D eigenvalue weighted by molar-refractivity contribution is -0.899. The van der Waals surface area contributed by atoms with E-state index in [0.29, 0.717) is 18.9 Å². The molecule has 2 fully saturated rings. The summed E-state index contributed by atoms with van der Waals surface area (Å²) >= 11 is 0. The number of quaternary nitrogens is 1. The van der Waals surface area contributed by atoms with Gasteiger partial charge in [-0.05, 0) is 31.0 Å². The molecule has 2 N–H and O–H groups in total. The number of nitrogens with zero attached hydrogens (tertiary/aromatic N) is 1. The number of hydrogen-bond donors (Lipinski definition) is 2. The fraction of sp³-hybridized carbons (Fsp3) is 0.588. The van der Waals surface area contributed by atoms with E-state index in [4.69, 9.17) is 4.74 Å². The maximum absolute atomic E-state index is 13.0. The SMILES string of the molecule is O=C(C[NH+]1CCOCC1)Nc1cc(C(F)(F)F)ccc1N1CCCC1. The average Bonchev–Trinajstić information content (AvgIpc) is 3.09. The second-order valence-corrected chi connectivity index (χ2v) is 6.51. The van der Waals surface area contributed by atoms with Crippen LogP contribution in [0.25, 0.3) is 0 Å². The molecule has 1 aromatic rings. The molecule has 0 aliphatic carbocycles. The Balaban J connectivity index is 1.77. The summed E-state index contributed by atoms with van der Waals surface area (Å²) in [5.74, 6) is -0.267. The highest BCUT2D eigenvalue weighted by atomic mass is 19.4. The molecule has 8 heteroatoms. The normalized spacial score (nSPS) is 19.2. The first-order chi connectivity index (χ1) is 11.9. The molecular formula is C17H23F3N3O2+. The Kier molecular flexibility index (Phi) is 5.48. The Hall–Kier alpha value is -1.80. The third kappa shape index (κ3) is 4.64. The van der Waals surface area contributed by atoms with E-state index in [0.717, 1.165) is 56.1 Å². The molecule has 2 aliphatic heterocycles. The number of carbonyl (C=O) groups excluding carboxylic acids is 1. The van der Waals surface area contributed by atoms with Crippen LogP contribution in [-0.4, -0.2) is 51.8 Å². The molecule has 138 valence electrons. The number of halogens is 3. The van der Waals surface area contributed by atoms with Crippen molar-refractivity contribution in [2.24, 2.45) is 0 Å². The number of hydrogen-bond acceptors (Lipinski definition) is 3. The Morgan fingerprint density at radius 1 is 1.20 bits per heavy atom. The average molecular weight is 358 g/mol. The molecule has 0 atom stereocenters. The van der Waals surface area contributed by atoms with Gasteiger partial charge in [0, 0.05) is 13.1 Å². The summed E-state index contributed by atoms with van der Waals surface area (Å²) in [5.41, 5.74) is 0.162. The van der Waals surface area contributed by atoms with Crippen LogP contribution in [0.1, 0.15) is 18.4 Å². The van der Waals surface area contributed by atoms with Crippen molar-refractivity contribution < 1.29 is 27.6 Å². The second kappa shape index (κ2) is 7.61. The fourth-order valence-electron chi connectivity index (χ4n) is 3.30. The topological polar surface area (TPSA) is 46.0 Å². The molecule has 0 aromatic heterocycles. The van der Waals surface area contributed by atoms with Gasteiger partial charge in [0.2, 0.25) is 0 Å². The Labute approximate surface area is 144 Å². The van der Waals surface area contributed by atoms with E-state index < -0.39 is 11.7 Å². The predicted octanol–water partition coefficient (Wildman–Crippen LogP) is 1.16. The lowest BCUT2D eigenvalue weighted by Crippen LogP contribution is -3.15.